The van der Waals surface area contributed by atoms with Crippen molar-refractivity contribution in [2.24, 2.45) is 0 Å². The van der Waals surface area contributed by atoms with Crippen molar-refractivity contribution in [3.8, 4) is 6.07 Å². The van der Waals surface area contributed by atoms with Gasteiger partial charge in [-0.1, -0.05) is 12.1 Å². The van der Waals surface area contributed by atoms with Crippen LogP contribution in [0, 0.1) is 17.1 Å². The molecule has 0 saturated carbocycles. The number of aromatic nitrogens is 1. The summed E-state index contributed by atoms with van der Waals surface area (Å²) < 4.78 is 16.1. The molecule has 3 nitrogen and oxygen atoms in total. The van der Waals surface area contributed by atoms with Crippen LogP contribution in [0.4, 0.5) is 4.39 Å². The maximum absolute atomic E-state index is 14.1. The van der Waals surface area contributed by atoms with Crippen molar-refractivity contribution in [2.45, 2.75) is 39.4 Å². The molecule has 0 spiro atoms. The largest absolute Gasteiger partial charge is 0.346 e. The van der Waals surface area contributed by atoms with Gasteiger partial charge in [-0.15, -0.1) is 0 Å². The fraction of sp³-hybridized carbons (Fsp3) is 0.353. The van der Waals surface area contributed by atoms with Crippen molar-refractivity contribution >= 4 is 0 Å². The zero-order valence-electron chi connectivity index (χ0n) is 12.7. The number of rotatable bonds is 4. The molecule has 1 N–H and O–H groups in total. The Kier molecular flexibility index (Phi) is 4.44. The Hall–Kier alpha value is -2.12. The SMILES string of the molecule is CC(C)(C)NCc1cccn1Cc1cccc(C#N)c1F. The van der Waals surface area contributed by atoms with Crippen molar-refractivity contribution < 1.29 is 4.39 Å². The Morgan fingerprint density at radius 2 is 2.00 bits per heavy atom. The molecule has 0 amide bonds. The van der Waals surface area contributed by atoms with E-state index in [2.05, 4.69) is 26.1 Å². The summed E-state index contributed by atoms with van der Waals surface area (Å²) in [5.74, 6) is -0.427. The second kappa shape index (κ2) is 6.11. The number of nitriles is 1. The van der Waals surface area contributed by atoms with Crippen molar-refractivity contribution in [3.63, 3.8) is 0 Å². The van der Waals surface area contributed by atoms with Crippen LogP contribution in [0.15, 0.2) is 36.5 Å². The lowest BCUT2D eigenvalue weighted by molar-refractivity contribution is 0.416. The predicted molar refractivity (Wildman–Crippen MR) is 81.2 cm³/mol. The molecule has 1 aromatic carbocycles. The van der Waals surface area contributed by atoms with E-state index >= 15 is 0 Å². The first-order valence-electron chi connectivity index (χ1n) is 6.97. The summed E-state index contributed by atoms with van der Waals surface area (Å²) >= 11 is 0. The van der Waals surface area contributed by atoms with Gasteiger partial charge in [-0.3, -0.25) is 0 Å². The highest BCUT2D eigenvalue weighted by Crippen LogP contribution is 2.15. The average molecular weight is 285 g/mol. The van der Waals surface area contributed by atoms with Crippen molar-refractivity contribution in [1.82, 2.24) is 9.88 Å². The molecule has 1 aromatic heterocycles. The smallest absolute Gasteiger partial charge is 0.145 e. The average Bonchev–Trinajstić information content (AvgIpc) is 2.85. The molecule has 1 heterocycles. The van der Waals surface area contributed by atoms with E-state index in [1.807, 2.05) is 29.0 Å². The van der Waals surface area contributed by atoms with Gasteiger partial charge in [0.2, 0.25) is 0 Å². The highest BCUT2D eigenvalue weighted by molar-refractivity contribution is 5.35. The lowest BCUT2D eigenvalue weighted by atomic mass is 10.1. The van der Waals surface area contributed by atoms with Crippen molar-refractivity contribution in [1.29, 1.82) is 5.26 Å². The van der Waals surface area contributed by atoms with Crippen LogP contribution in [0.5, 0.6) is 0 Å². The number of halogens is 1. The van der Waals surface area contributed by atoms with Gasteiger partial charge in [0.1, 0.15) is 11.9 Å². The van der Waals surface area contributed by atoms with Gasteiger partial charge < -0.3 is 9.88 Å². The maximum Gasteiger partial charge on any atom is 0.145 e. The monoisotopic (exact) mass is 285 g/mol. The molecule has 0 aliphatic heterocycles. The van der Waals surface area contributed by atoms with Gasteiger partial charge in [-0.2, -0.15) is 5.26 Å². The number of nitrogens with zero attached hydrogens (tertiary/aromatic N) is 2. The van der Waals surface area contributed by atoms with Gasteiger partial charge in [-0.05, 0) is 39.0 Å². The molecule has 21 heavy (non-hydrogen) atoms. The molecule has 0 aliphatic carbocycles. The summed E-state index contributed by atoms with van der Waals surface area (Å²) in [6, 6.07) is 10.8. The molecule has 0 unspecified atom stereocenters. The van der Waals surface area contributed by atoms with E-state index < -0.39 is 5.82 Å². The summed E-state index contributed by atoms with van der Waals surface area (Å²) in [5.41, 5.74) is 1.74. The fourth-order valence-corrected chi connectivity index (χ4v) is 2.09. The van der Waals surface area contributed by atoms with E-state index in [4.69, 9.17) is 5.26 Å². The minimum absolute atomic E-state index is 0.0288. The highest BCUT2D eigenvalue weighted by Gasteiger charge is 2.12. The molecule has 2 rings (SSSR count). The van der Waals surface area contributed by atoms with Crippen LogP contribution >= 0.6 is 0 Å². The fourth-order valence-electron chi connectivity index (χ4n) is 2.09. The molecule has 0 saturated heterocycles. The van der Waals surface area contributed by atoms with E-state index in [0.29, 0.717) is 12.1 Å². The van der Waals surface area contributed by atoms with Crippen LogP contribution < -0.4 is 5.32 Å². The molecule has 0 fully saturated rings. The second-order valence-electron chi connectivity index (χ2n) is 6.12. The molecule has 2 aromatic rings. The van der Waals surface area contributed by atoms with E-state index in [9.17, 15) is 4.39 Å². The van der Waals surface area contributed by atoms with E-state index in [1.165, 1.54) is 6.07 Å². The van der Waals surface area contributed by atoms with E-state index in [1.54, 1.807) is 12.1 Å². The van der Waals surface area contributed by atoms with E-state index in [0.717, 1.165) is 12.2 Å². The molecule has 110 valence electrons. The van der Waals surface area contributed by atoms with Gasteiger partial charge in [0.25, 0.3) is 0 Å². The standard InChI is InChI=1S/C17H20FN3/c1-17(2,3)20-11-15-8-5-9-21(15)12-14-7-4-6-13(10-19)16(14)18/h4-9,20H,11-12H2,1-3H3. The van der Waals surface area contributed by atoms with Crippen LogP contribution in [-0.4, -0.2) is 10.1 Å². The van der Waals surface area contributed by atoms with Gasteiger partial charge in [-0.25, -0.2) is 4.39 Å². The van der Waals surface area contributed by atoms with Crippen LogP contribution in [0.3, 0.4) is 0 Å². The molecular weight excluding hydrogens is 265 g/mol. The van der Waals surface area contributed by atoms with Gasteiger partial charge in [0.15, 0.2) is 0 Å². The summed E-state index contributed by atoms with van der Waals surface area (Å²) in [7, 11) is 0. The first-order chi connectivity index (χ1) is 9.90. The predicted octanol–water partition coefficient (Wildman–Crippen LogP) is 3.44. The van der Waals surface area contributed by atoms with Crippen LogP contribution in [0.2, 0.25) is 0 Å². The van der Waals surface area contributed by atoms with Crippen LogP contribution in [0.1, 0.15) is 37.6 Å². The van der Waals surface area contributed by atoms with E-state index in [-0.39, 0.29) is 11.1 Å². The summed E-state index contributed by atoms with van der Waals surface area (Å²) in [5, 5.41) is 12.3. The zero-order valence-corrected chi connectivity index (χ0v) is 12.7. The quantitative estimate of drug-likeness (QED) is 0.935. The Bertz CT molecular complexity index is 659. The highest BCUT2D eigenvalue weighted by atomic mass is 19.1. The zero-order chi connectivity index (χ0) is 15.5. The third-order valence-electron chi connectivity index (χ3n) is 3.26. The number of nitrogens with one attached hydrogen (secondary N) is 1. The number of benzene rings is 1. The lowest BCUT2D eigenvalue weighted by Gasteiger charge is -2.21. The first-order valence-corrected chi connectivity index (χ1v) is 6.97. The van der Waals surface area contributed by atoms with Gasteiger partial charge >= 0.3 is 0 Å². The summed E-state index contributed by atoms with van der Waals surface area (Å²) in [4.78, 5) is 0. The molecule has 4 heteroatoms. The topological polar surface area (TPSA) is 40.8 Å². The molecule has 0 aliphatic rings. The molecular formula is C17H20FN3. The Labute approximate surface area is 125 Å². The number of hydrogen-bond donors (Lipinski definition) is 1. The second-order valence-corrected chi connectivity index (χ2v) is 6.12. The Balaban J connectivity index is 2.18. The minimum atomic E-state index is -0.427. The normalized spacial score (nSPS) is 11.4. The summed E-state index contributed by atoms with van der Waals surface area (Å²) in [6.45, 7) is 7.47. The van der Waals surface area contributed by atoms with Crippen molar-refractivity contribution in [2.75, 3.05) is 0 Å². The van der Waals surface area contributed by atoms with Crippen molar-refractivity contribution in [3.05, 3.63) is 59.2 Å². The minimum Gasteiger partial charge on any atom is -0.346 e. The third kappa shape index (κ3) is 3.93. The molecule has 0 atom stereocenters. The lowest BCUT2D eigenvalue weighted by Crippen LogP contribution is -2.35. The van der Waals surface area contributed by atoms with Gasteiger partial charge in [0.05, 0.1) is 12.1 Å². The molecule has 0 radical (unpaired) electrons. The Morgan fingerprint density at radius 1 is 1.24 bits per heavy atom. The third-order valence-corrected chi connectivity index (χ3v) is 3.26. The van der Waals surface area contributed by atoms with Gasteiger partial charge in [0, 0.05) is 29.5 Å². The molecule has 0 bridgehead atoms. The first kappa shape index (κ1) is 15.3. The Morgan fingerprint density at radius 3 is 2.67 bits per heavy atom. The summed E-state index contributed by atoms with van der Waals surface area (Å²) in [6.07, 6.45) is 1.93. The van der Waals surface area contributed by atoms with Crippen LogP contribution in [0.25, 0.3) is 0 Å². The van der Waals surface area contributed by atoms with Crippen LogP contribution in [-0.2, 0) is 13.1 Å². The number of hydrogen-bond acceptors (Lipinski definition) is 2. The maximum atomic E-state index is 14.1.